The lowest BCUT2D eigenvalue weighted by Crippen LogP contribution is -2.36. The molecule has 1 fully saturated rings. The summed E-state index contributed by atoms with van der Waals surface area (Å²) in [5.41, 5.74) is 12.1. The number of ether oxygens (including phenoxy) is 1. The first-order chi connectivity index (χ1) is 11.2. The zero-order valence-electron chi connectivity index (χ0n) is 13.5. The number of benzene rings is 1. The molecule has 1 aromatic carbocycles. The van der Waals surface area contributed by atoms with Crippen LogP contribution in [0.4, 0.5) is 0 Å². The number of nitrogens with one attached hydrogen (secondary N) is 1. The molecule has 2 atom stereocenters. The minimum absolute atomic E-state index is 0.0662. The summed E-state index contributed by atoms with van der Waals surface area (Å²) < 4.78 is 6.02. The van der Waals surface area contributed by atoms with E-state index in [1.54, 1.807) is 0 Å². The molecule has 5 heteroatoms. The maximum atomic E-state index is 11.6. The first kappa shape index (κ1) is 17.3. The zero-order valence-corrected chi connectivity index (χ0v) is 13.5. The molecule has 5 nitrogen and oxygen atoms in total. The van der Waals surface area contributed by atoms with Gasteiger partial charge in [0.1, 0.15) is 5.70 Å². The lowest BCUT2D eigenvalue weighted by Gasteiger charge is -2.29. The van der Waals surface area contributed by atoms with Gasteiger partial charge in [0.05, 0.1) is 12.7 Å². The standard InChI is InChI=1S/C18H27N3O2/c19-12-17(20)18(22)21-13-15-7-4-8-16(11-15)23-10-9-14-5-2-1-3-6-14/h1-3,5-6,12,15-16H,4,7-11,13,19-20H2,(H,21,22)/b17-12-. The molecule has 2 unspecified atom stereocenters. The van der Waals surface area contributed by atoms with Crippen molar-refractivity contribution in [3.8, 4) is 0 Å². The maximum absolute atomic E-state index is 11.6. The molecular formula is C18H27N3O2. The maximum Gasteiger partial charge on any atom is 0.268 e. The second-order valence-electron chi connectivity index (χ2n) is 6.09. The Hall–Kier alpha value is -2.01. The third kappa shape index (κ3) is 5.94. The number of hydrogen-bond acceptors (Lipinski definition) is 4. The summed E-state index contributed by atoms with van der Waals surface area (Å²) in [7, 11) is 0. The van der Waals surface area contributed by atoms with E-state index in [9.17, 15) is 4.79 Å². The van der Waals surface area contributed by atoms with Crippen LogP contribution in [0.3, 0.4) is 0 Å². The summed E-state index contributed by atoms with van der Waals surface area (Å²) in [5.74, 6) is 0.152. The van der Waals surface area contributed by atoms with Gasteiger partial charge in [-0.2, -0.15) is 0 Å². The molecule has 0 aliphatic heterocycles. The van der Waals surface area contributed by atoms with E-state index < -0.39 is 0 Å². The van der Waals surface area contributed by atoms with Gasteiger partial charge in [0.25, 0.3) is 5.91 Å². The van der Waals surface area contributed by atoms with Gasteiger partial charge >= 0.3 is 0 Å². The lowest BCUT2D eigenvalue weighted by atomic mass is 9.87. The lowest BCUT2D eigenvalue weighted by molar-refractivity contribution is -0.117. The third-order valence-corrected chi connectivity index (χ3v) is 4.31. The Morgan fingerprint density at radius 1 is 1.30 bits per heavy atom. The van der Waals surface area contributed by atoms with Crippen molar-refractivity contribution < 1.29 is 9.53 Å². The molecule has 23 heavy (non-hydrogen) atoms. The number of nitrogens with two attached hydrogens (primary N) is 2. The molecule has 0 bridgehead atoms. The fourth-order valence-corrected chi connectivity index (χ4v) is 2.98. The average Bonchev–Trinajstić information content (AvgIpc) is 2.60. The van der Waals surface area contributed by atoms with Gasteiger partial charge < -0.3 is 21.5 Å². The second kappa shape index (κ2) is 9.20. The molecule has 0 saturated heterocycles. The molecule has 126 valence electrons. The van der Waals surface area contributed by atoms with Gasteiger partial charge in [-0.1, -0.05) is 36.8 Å². The van der Waals surface area contributed by atoms with Crippen molar-refractivity contribution in [3.05, 3.63) is 47.8 Å². The summed E-state index contributed by atoms with van der Waals surface area (Å²) in [6.45, 7) is 1.38. The van der Waals surface area contributed by atoms with Gasteiger partial charge in [0.2, 0.25) is 0 Å². The normalized spacial score (nSPS) is 21.8. The molecule has 0 aromatic heterocycles. The monoisotopic (exact) mass is 317 g/mol. The molecule has 1 aliphatic carbocycles. The molecule has 5 N–H and O–H groups in total. The van der Waals surface area contributed by atoms with E-state index in [1.807, 2.05) is 6.07 Å². The van der Waals surface area contributed by atoms with E-state index in [0.717, 1.165) is 44.9 Å². The smallest absolute Gasteiger partial charge is 0.268 e. The van der Waals surface area contributed by atoms with Gasteiger partial charge in [0.15, 0.2) is 0 Å². The van der Waals surface area contributed by atoms with Crippen molar-refractivity contribution in [2.75, 3.05) is 13.2 Å². The van der Waals surface area contributed by atoms with Crippen molar-refractivity contribution >= 4 is 5.91 Å². The quantitative estimate of drug-likeness (QED) is 0.667. The van der Waals surface area contributed by atoms with E-state index in [-0.39, 0.29) is 17.7 Å². The van der Waals surface area contributed by atoms with E-state index in [4.69, 9.17) is 16.2 Å². The Morgan fingerprint density at radius 3 is 2.83 bits per heavy atom. The zero-order chi connectivity index (χ0) is 16.5. The summed E-state index contributed by atoms with van der Waals surface area (Å²) in [6, 6.07) is 10.4. The van der Waals surface area contributed by atoms with E-state index in [1.165, 1.54) is 5.56 Å². The van der Waals surface area contributed by atoms with Gasteiger partial charge in [-0.05, 0) is 37.2 Å². The molecule has 1 amide bonds. The minimum Gasteiger partial charge on any atom is -0.403 e. The molecule has 2 rings (SSSR count). The Balaban J connectivity index is 1.68. The Kier molecular flexibility index (Phi) is 6.94. The van der Waals surface area contributed by atoms with Gasteiger partial charge in [-0.15, -0.1) is 0 Å². The average molecular weight is 317 g/mol. The summed E-state index contributed by atoms with van der Waals surface area (Å²) in [5, 5.41) is 2.84. The van der Waals surface area contributed by atoms with Crippen LogP contribution < -0.4 is 16.8 Å². The molecule has 0 heterocycles. The van der Waals surface area contributed by atoms with Crippen LogP contribution in [0, 0.1) is 5.92 Å². The Morgan fingerprint density at radius 2 is 2.09 bits per heavy atom. The fourth-order valence-electron chi connectivity index (χ4n) is 2.98. The van der Waals surface area contributed by atoms with Crippen molar-refractivity contribution in [2.45, 2.75) is 38.2 Å². The number of carbonyl (C=O) groups excluding carboxylic acids is 1. The summed E-state index contributed by atoms with van der Waals surface area (Å²) in [4.78, 5) is 11.6. The van der Waals surface area contributed by atoms with Gasteiger partial charge in [-0.25, -0.2) is 0 Å². The number of rotatable bonds is 7. The minimum atomic E-state index is -0.292. The Bertz CT molecular complexity index is 516. The second-order valence-corrected chi connectivity index (χ2v) is 6.09. The number of amides is 1. The van der Waals surface area contributed by atoms with Crippen molar-refractivity contribution in [2.24, 2.45) is 17.4 Å². The largest absolute Gasteiger partial charge is 0.403 e. The molecule has 0 spiro atoms. The predicted octanol–water partition coefficient (Wildman–Crippen LogP) is 1.68. The highest BCUT2D eigenvalue weighted by atomic mass is 16.5. The number of hydrogen-bond donors (Lipinski definition) is 3. The molecule has 1 saturated carbocycles. The fraction of sp³-hybridized carbons (Fsp3) is 0.500. The van der Waals surface area contributed by atoms with E-state index in [0.29, 0.717) is 12.5 Å². The van der Waals surface area contributed by atoms with Crippen LogP contribution in [0.25, 0.3) is 0 Å². The van der Waals surface area contributed by atoms with Crippen LogP contribution >= 0.6 is 0 Å². The molecule has 0 radical (unpaired) electrons. The van der Waals surface area contributed by atoms with Crippen LogP contribution in [0.1, 0.15) is 31.2 Å². The number of carbonyl (C=O) groups is 1. The predicted molar refractivity (Wildman–Crippen MR) is 91.3 cm³/mol. The highest BCUT2D eigenvalue weighted by Crippen LogP contribution is 2.26. The Labute approximate surface area is 138 Å². The molecular weight excluding hydrogens is 290 g/mol. The van der Waals surface area contributed by atoms with Crippen molar-refractivity contribution in [1.29, 1.82) is 0 Å². The topological polar surface area (TPSA) is 90.4 Å². The third-order valence-electron chi connectivity index (χ3n) is 4.31. The van der Waals surface area contributed by atoms with Crippen LogP contribution in [0.2, 0.25) is 0 Å². The highest BCUT2D eigenvalue weighted by Gasteiger charge is 2.23. The SMILES string of the molecule is N/C=C(\N)C(=O)NCC1CCCC(OCCc2ccccc2)C1. The van der Waals surface area contributed by atoms with E-state index >= 15 is 0 Å². The van der Waals surface area contributed by atoms with Crippen LogP contribution in [-0.2, 0) is 16.0 Å². The first-order valence-corrected chi connectivity index (χ1v) is 8.30. The summed E-state index contributed by atoms with van der Waals surface area (Å²) >= 11 is 0. The highest BCUT2D eigenvalue weighted by molar-refractivity contribution is 5.92. The molecule has 1 aromatic rings. The molecule has 1 aliphatic rings. The van der Waals surface area contributed by atoms with Gasteiger partial charge in [0, 0.05) is 12.7 Å². The summed E-state index contributed by atoms with van der Waals surface area (Å²) in [6.07, 6.45) is 6.70. The van der Waals surface area contributed by atoms with Gasteiger partial charge in [-0.3, -0.25) is 4.79 Å². The van der Waals surface area contributed by atoms with Crippen LogP contribution in [0.5, 0.6) is 0 Å². The van der Waals surface area contributed by atoms with Crippen molar-refractivity contribution in [3.63, 3.8) is 0 Å². The van der Waals surface area contributed by atoms with Crippen LogP contribution in [-0.4, -0.2) is 25.2 Å². The van der Waals surface area contributed by atoms with E-state index in [2.05, 4.69) is 29.6 Å². The van der Waals surface area contributed by atoms with Crippen LogP contribution in [0.15, 0.2) is 42.2 Å². The van der Waals surface area contributed by atoms with Crippen molar-refractivity contribution in [1.82, 2.24) is 5.32 Å². The first-order valence-electron chi connectivity index (χ1n) is 8.30.